The van der Waals surface area contributed by atoms with E-state index in [0.717, 1.165) is 43.9 Å². The predicted octanol–water partition coefficient (Wildman–Crippen LogP) is 3.07. The van der Waals surface area contributed by atoms with Crippen LogP contribution in [0.4, 0.5) is 5.69 Å². The third kappa shape index (κ3) is 8.61. The highest BCUT2D eigenvalue weighted by atomic mass is 127. The van der Waals surface area contributed by atoms with E-state index in [0.29, 0.717) is 5.56 Å². The van der Waals surface area contributed by atoms with E-state index in [1.807, 2.05) is 24.3 Å². The summed E-state index contributed by atoms with van der Waals surface area (Å²) >= 11 is 0. The number of nitrogens with one attached hydrogen (secondary N) is 3. The summed E-state index contributed by atoms with van der Waals surface area (Å²) in [5.74, 6) is 0.740. The minimum atomic E-state index is -0.0614. The Morgan fingerprint density at radius 3 is 2.30 bits per heavy atom. The fraction of sp³-hybridized carbons (Fsp3) is 0.391. The van der Waals surface area contributed by atoms with Crippen LogP contribution in [0.25, 0.3) is 0 Å². The number of aliphatic imine (C=N–C) groups is 1. The van der Waals surface area contributed by atoms with E-state index in [-0.39, 0.29) is 29.9 Å². The number of hydrogen-bond donors (Lipinski definition) is 3. The minimum absolute atomic E-state index is 0. The molecular weight excluding hydrogens is 489 g/mol. The summed E-state index contributed by atoms with van der Waals surface area (Å²) in [6.45, 7) is 1.62. The van der Waals surface area contributed by atoms with Crippen LogP contribution in [0.3, 0.4) is 0 Å². The predicted molar refractivity (Wildman–Crippen MR) is 137 cm³/mol. The lowest BCUT2D eigenvalue weighted by Crippen LogP contribution is -2.38. The van der Waals surface area contributed by atoms with Crippen molar-refractivity contribution in [3.8, 4) is 0 Å². The molecule has 0 aromatic heterocycles. The maximum Gasteiger partial charge on any atom is 0.251 e. The highest BCUT2D eigenvalue weighted by Crippen LogP contribution is 2.13. The van der Waals surface area contributed by atoms with Crippen LogP contribution in [0.1, 0.15) is 27.9 Å². The number of benzene rings is 2. The van der Waals surface area contributed by atoms with Crippen molar-refractivity contribution in [3.63, 3.8) is 0 Å². The van der Waals surface area contributed by atoms with Crippen molar-refractivity contribution in [2.75, 3.05) is 46.2 Å². The Bertz CT molecular complexity index is 805. The molecule has 0 bridgehead atoms. The summed E-state index contributed by atoms with van der Waals surface area (Å²) in [7, 11) is 7.53. The highest BCUT2D eigenvalue weighted by Gasteiger charge is 2.04. The second-order valence-corrected chi connectivity index (χ2v) is 7.12. The molecule has 2 aromatic carbocycles. The Labute approximate surface area is 197 Å². The normalized spacial score (nSPS) is 10.7. The molecule has 0 aliphatic heterocycles. The third-order valence-corrected chi connectivity index (χ3v) is 4.73. The van der Waals surface area contributed by atoms with Gasteiger partial charge < -0.3 is 20.9 Å². The third-order valence-electron chi connectivity index (χ3n) is 4.73. The molecule has 2 aromatic rings. The highest BCUT2D eigenvalue weighted by molar-refractivity contribution is 14.0. The summed E-state index contributed by atoms with van der Waals surface area (Å²) in [4.78, 5) is 18.1. The Kier molecular flexibility index (Phi) is 11.9. The molecule has 0 aliphatic rings. The molecule has 7 heteroatoms. The van der Waals surface area contributed by atoms with Gasteiger partial charge in [-0.1, -0.05) is 24.3 Å². The SMILES string of the molecule is CN=C(NCCCc1ccc(N(C)C)cc1)NCCc1cccc(C(=O)NC)c1.I. The van der Waals surface area contributed by atoms with Crippen molar-refractivity contribution in [3.05, 3.63) is 65.2 Å². The fourth-order valence-electron chi connectivity index (χ4n) is 3.02. The number of amides is 1. The molecular formula is C23H34IN5O. The van der Waals surface area contributed by atoms with Crippen LogP contribution in [0.5, 0.6) is 0 Å². The Morgan fingerprint density at radius 1 is 0.967 bits per heavy atom. The molecule has 30 heavy (non-hydrogen) atoms. The second-order valence-electron chi connectivity index (χ2n) is 7.12. The average molecular weight is 523 g/mol. The number of rotatable bonds is 9. The molecule has 0 atom stereocenters. The van der Waals surface area contributed by atoms with Crippen molar-refractivity contribution < 1.29 is 4.79 Å². The molecule has 0 unspecified atom stereocenters. The Morgan fingerprint density at radius 2 is 1.67 bits per heavy atom. The summed E-state index contributed by atoms with van der Waals surface area (Å²) in [6.07, 6.45) is 2.89. The van der Waals surface area contributed by atoms with Gasteiger partial charge >= 0.3 is 0 Å². The standard InChI is InChI=1S/C23H33N5O.HI/c1-24-22(29)20-9-5-7-19(17-20)14-16-27-23(25-2)26-15-6-8-18-10-12-21(13-11-18)28(3)4;/h5,7,9-13,17H,6,8,14-16H2,1-4H3,(H,24,29)(H2,25,26,27);1H. The van der Waals surface area contributed by atoms with Crippen LogP contribution in [-0.4, -0.2) is 53.1 Å². The lowest BCUT2D eigenvalue weighted by molar-refractivity contribution is 0.0963. The van der Waals surface area contributed by atoms with E-state index in [2.05, 4.69) is 64.2 Å². The van der Waals surface area contributed by atoms with Crippen LogP contribution in [0.2, 0.25) is 0 Å². The van der Waals surface area contributed by atoms with Crippen LogP contribution in [-0.2, 0) is 12.8 Å². The topological polar surface area (TPSA) is 68.8 Å². The molecule has 0 saturated heterocycles. The van der Waals surface area contributed by atoms with Crippen molar-refractivity contribution in [1.29, 1.82) is 0 Å². The minimum Gasteiger partial charge on any atom is -0.378 e. The second kappa shape index (κ2) is 13.8. The largest absolute Gasteiger partial charge is 0.378 e. The number of carbonyl (C=O) groups is 1. The van der Waals surface area contributed by atoms with Crippen molar-refractivity contribution in [1.82, 2.24) is 16.0 Å². The molecule has 1 amide bonds. The number of aryl methyl sites for hydroxylation is 1. The number of hydrogen-bond acceptors (Lipinski definition) is 3. The first-order valence-corrected chi connectivity index (χ1v) is 10.0. The van der Waals surface area contributed by atoms with Gasteiger partial charge in [-0.2, -0.15) is 0 Å². The Balaban J connectivity index is 0.00000450. The number of halogens is 1. The van der Waals surface area contributed by atoms with Gasteiger partial charge in [0.25, 0.3) is 5.91 Å². The molecule has 0 spiro atoms. The van der Waals surface area contributed by atoms with Crippen LogP contribution < -0.4 is 20.9 Å². The summed E-state index contributed by atoms with van der Waals surface area (Å²) in [5, 5.41) is 9.35. The number of nitrogens with zero attached hydrogens (tertiary/aromatic N) is 2. The Hall–Kier alpha value is -2.29. The lowest BCUT2D eigenvalue weighted by atomic mass is 10.1. The van der Waals surface area contributed by atoms with Gasteiger partial charge in [-0.25, -0.2) is 0 Å². The molecule has 2 rings (SSSR count). The smallest absolute Gasteiger partial charge is 0.251 e. The van der Waals surface area contributed by atoms with Gasteiger partial charge in [-0.15, -0.1) is 24.0 Å². The fourth-order valence-corrected chi connectivity index (χ4v) is 3.02. The first kappa shape index (κ1) is 25.7. The molecule has 0 fully saturated rings. The monoisotopic (exact) mass is 523 g/mol. The van der Waals surface area contributed by atoms with E-state index in [9.17, 15) is 4.79 Å². The molecule has 0 aliphatic carbocycles. The van der Waals surface area contributed by atoms with E-state index >= 15 is 0 Å². The molecule has 0 heterocycles. The van der Waals surface area contributed by atoms with E-state index in [1.54, 1.807) is 14.1 Å². The first-order chi connectivity index (χ1) is 14.0. The molecule has 0 radical (unpaired) electrons. The van der Waals surface area contributed by atoms with E-state index in [4.69, 9.17) is 0 Å². The zero-order valence-corrected chi connectivity index (χ0v) is 20.7. The number of carbonyl (C=O) groups excluding carboxylic acids is 1. The van der Waals surface area contributed by atoms with Crippen molar-refractivity contribution >= 4 is 41.5 Å². The number of guanidine groups is 1. The van der Waals surface area contributed by atoms with Gasteiger partial charge in [-0.3, -0.25) is 9.79 Å². The van der Waals surface area contributed by atoms with E-state index in [1.165, 1.54) is 11.3 Å². The molecule has 3 N–H and O–H groups in total. The zero-order chi connectivity index (χ0) is 21.1. The maximum absolute atomic E-state index is 11.7. The summed E-state index contributed by atoms with van der Waals surface area (Å²) in [5.41, 5.74) is 4.37. The summed E-state index contributed by atoms with van der Waals surface area (Å²) in [6, 6.07) is 16.4. The molecule has 6 nitrogen and oxygen atoms in total. The van der Waals surface area contributed by atoms with Crippen molar-refractivity contribution in [2.45, 2.75) is 19.3 Å². The number of anilines is 1. The van der Waals surface area contributed by atoms with Crippen LogP contribution >= 0.6 is 24.0 Å². The quantitative estimate of drug-likeness (QED) is 0.205. The van der Waals surface area contributed by atoms with Crippen molar-refractivity contribution in [2.24, 2.45) is 4.99 Å². The van der Waals surface area contributed by atoms with Crippen LogP contribution in [0.15, 0.2) is 53.5 Å². The zero-order valence-electron chi connectivity index (χ0n) is 18.4. The summed E-state index contributed by atoms with van der Waals surface area (Å²) < 4.78 is 0. The lowest BCUT2D eigenvalue weighted by Gasteiger charge is -2.13. The van der Waals surface area contributed by atoms with Gasteiger partial charge in [0, 0.05) is 52.5 Å². The van der Waals surface area contributed by atoms with Gasteiger partial charge in [0.2, 0.25) is 0 Å². The molecule has 164 valence electrons. The molecule has 0 saturated carbocycles. The van der Waals surface area contributed by atoms with Crippen LogP contribution in [0, 0.1) is 0 Å². The van der Waals surface area contributed by atoms with Gasteiger partial charge in [0.15, 0.2) is 5.96 Å². The van der Waals surface area contributed by atoms with E-state index < -0.39 is 0 Å². The average Bonchev–Trinajstić information content (AvgIpc) is 2.75. The first-order valence-electron chi connectivity index (χ1n) is 10.0. The maximum atomic E-state index is 11.7. The van der Waals surface area contributed by atoms with Gasteiger partial charge in [-0.05, 0) is 54.7 Å². The van der Waals surface area contributed by atoms with Gasteiger partial charge in [0.1, 0.15) is 0 Å². The van der Waals surface area contributed by atoms with Gasteiger partial charge in [0.05, 0.1) is 0 Å².